The molecule has 0 aromatic heterocycles. The minimum atomic E-state index is -4.91. The van der Waals surface area contributed by atoms with E-state index in [-0.39, 0.29) is 30.8 Å². The molecular formula is C13H14F3NO5S. The summed E-state index contributed by atoms with van der Waals surface area (Å²) in [6, 6.07) is 4.20. The molecular weight excluding hydrogens is 339 g/mol. The minimum Gasteiger partial charge on any atom is -0.465 e. The van der Waals surface area contributed by atoms with Crippen molar-refractivity contribution in [2.75, 3.05) is 13.1 Å². The molecule has 0 bridgehead atoms. The smallest absolute Gasteiger partial charge is 0.465 e. The van der Waals surface area contributed by atoms with E-state index in [0.717, 1.165) is 17.0 Å². The quantitative estimate of drug-likeness (QED) is 0.903. The number of carbonyl (C=O) groups is 1. The second-order valence-electron chi connectivity index (χ2n) is 5.04. The van der Waals surface area contributed by atoms with Gasteiger partial charge in [0.1, 0.15) is 5.75 Å². The summed E-state index contributed by atoms with van der Waals surface area (Å²) in [6.07, 6.45) is -5.84. The zero-order chi connectivity index (χ0) is 17.3. The molecule has 0 aliphatic carbocycles. The molecule has 1 aliphatic heterocycles. The maximum atomic E-state index is 12.5. The summed E-state index contributed by atoms with van der Waals surface area (Å²) < 4.78 is 65.3. The summed E-state index contributed by atoms with van der Waals surface area (Å²) in [7, 11) is -3.86. The second-order valence-corrected chi connectivity index (χ2v) is 7.26. The molecule has 1 fully saturated rings. The van der Waals surface area contributed by atoms with Gasteiger partial charge in [-0.3, -0.25) is 0 Å². The molecule has 0 spiro atoms. The molecule has 1 aliphatic rings. The number of hydrogen-bond donors (Lipinski definition) is 1. The fourth-order valence-corrected chi connectivity index (χ4v) is 4.16. The van der Waals surface area contributed by atoms with Crippen LogP contribution in [-0.2, 0) is 9.84 Å². The van der Waals surface area contributed by atoms with Crippen molar-refractivity contribution < 1.29 is 36.2 Å². The molecule has 0 saturated carbocycles. The van der Waals surface area contributed by atoms with Gasteiger partial charge in [-0.15, -0.1) is 13.2 Å². The number of sulfone groups is 1. The molecule has 1 N–H and O–H groups in total. The number of alkyl halides is 3. The van der Waals surface area contributed by atoms with E-state index in [0.29, 0.717) is 0 Å². The van der Waals surface area contributed by atoms with E-state index < -0.39 is 33.3 Å². The third-order valence-corrected chi connectivity index (χ3v) is 5.78. The van der Waals surface area contributed by atoms with E-state index in [1.54, 1.807) is 0 Å². The van der Waals surface area contributed by atoms with Crippen LogP contribution in [0.4, 0.5) is 18.0 Å². The van der Waals surface area contributed by atoms with Crippen LogP contribution in [0.2, 0.25) is 0 Å². The van der Waals surface area contributed by atoms with Crippen LogP contribution in [0.5, 0.6) is 5.75 Å². The molecule has 1 saturated heterocycles. The van der Waals surface area contributed by atoms with Crippen molar-refractivity contribution in [2.45, 2.75) is 29.3 Å². The van der Waals surface area contributed by atoms with E-state index in [4.69, 9.17) is 5.11 Å². The summed E-state index contributed by atoms with van der Waals surface area (Å²) >= 11 is 0. The Hall–Kier alpha value is -1.97. The van der Waals surface area contributed by atoms with Crippen LogP contribution in [-0.4, -0.2) is 49.2 Å². The van der Waals surface area contributed by atoms with E-state index in [2.05, 4.69) is 4.74 Å². The number of hydrogen-bond acceptors (Lipinski definition) is 4. The van der Waals surface area contributed by atoms with Gasteiger partial charge in [0.2, 0.25) is 0 Å². The van der Waals surface area contributed by atoms with Gasteiger partial charge in [0.05, 0.1) is 10.1 Å². The number of benzene rings is 1. The lowest BCUT2D eigenvalue weighted by molar-refractivity contribution is -0.274. The van der Waals surface area contributed by atoms with Crippen LogP contribution in [0.25, 0.3) is 0 Å². The first-order valence-electron chi connectivity index (χ1n) is 6.67. The normalized spacial score (nSPS) is 17.1. The van der Waals surface area contributed by atoms with Crippen molar-refractivity contribution >= 4 is 15.9 Å². The van der Waals surface area contributed by atoms with Crippen molar-refractivity contribution in [3.05, 3.63) is 24.3 Å². The Bertz CT molecular complexity index is 681. The first-order valence-corrected chi connectivity index (χ1v) is 8.22. The van der Waals surface area contributed by atoms with E-state index in [1.807, 2.05) is 0 Å². The lowest BCUT2D eigenvalue weighted by atomic mass is 10.1. The third-order valence-electron chi connectivity index (χ3n) is 3.52. The topological polar surface area (TPSA) is 83.9 Å². The lowest BCUT2D eigenvalue weighted by Crippen LogP contribution is -2.41. The number of piperidine rings is 1. The number of amides is 1. The molecule has 10 heteroatoms. The Morgan fingerprint density at radius 1 is 1.26 bits per heavy atom. The standard InChI is InChI=1S/C13H14F3NO5S/c14-13(15,16)22-9-2-1-3-11(8-9)23(20,21)10-4-6-17(7-5-10)12(18)19/h1-3,8,10H,4-7H2,(H,18,19). The van der Waals surface area contributed by atoms with Gasteiger partial charge in [-0.1, -0.05) is 6.07 Å². The second kappa shape index (κ2) is 6.26. The Kier molecular flexibility index (Phi) is 4.73. The lowest BCUT2D eigenvalue weighted by Gasteiger charge is -2.29. The van der Waals surface area contributed by atoms with Crippen molar-refractivity contribution in [2.24, 2.45) is 0 Å². The average Bonchev–Trinajstić information content (AvgIpc) is 2.46. The molecule has 6 nitrogen and oxygen atoms in total. The predicted molar refractivity (Wildman–Crippen MR) is 72.9 cm³/mol. The summed E-state index contributed by atoms with van der Waals surface area (Å²) in [5.41, 5.74) is 0. The molecule has 1 aromatic rings. The van der Waals surface area contributed by atoms with Gasteiger partial charge < -0.3 is 14.7 Å². The van der Waals surface area contributed by atoms with Gasteiger partial charge in [-0.25, -0.2) is 13.2 Å². The van der Waals surface area contributed by atoms with Crippen molar-refractivity contribution in [1.82, 2.24) is 4.90 Å². The van der Waals surface area contributed by atoms with Gasteiger partial charge in [0.15, 0.2) is 9.84 Å². The molecule has 1 heterocycles. The predicted octanol–water partition coefficient (Wildman–Crippen LogP) is 2.50. The zero-order valence-electron chi connectivity index (χ0n) is 11.8. The zero-order valence-corrected chi connectivity index (χ0v) is 12.6. The molecule has 0 unspecified atom stereocenters. The maximum Gasteiger partial charge on any atom is 0.573 e. The van der Waals surface area contributed by atoms with E-state index in [1.165, 1.54) is 12.1 Å². The van der Waals surface area contributed by atoms with Crippen molar-refractivity contribution in [1.29, 1.82) is 0 Å². The summed E-state index contributed by atoms with van der Waals surface area (Å²) in [6.45, 7) is 0.135. The Morgan fingerprint density at radius 3 is 2.39 bits per heavy atom. The van der Waals surface area contributed by atoms with Crippen LogP contribution in [0.1, 0.15) is 12.8 Å². The number of likely N-dealkylation sites (tertiary alicyclic amines) is 1. The Balaban J connectivity index is 2.17. The molecule has 0 radical (unpaired) electrons. The fraction of sp³-hybridized carbons (Fsp3) is 0.462. The van der Waals surface area contributed by atoms with E-state index >= 15 is 0 Å². The highest BCUT2D eigenvalue weighted by atomic mass is 32.2. The van der Waals surface area contributed by atoms with Crippen LogP contribution >= 0.6 is 0 Å². The number of nitrogens with zero attached hydrogens (tertiary/aromatic N) is 1. The van der Waals surface area contributed by atoms with Crippen LogP contribution in [0.15, 0.2) is 29.2 Å². The summed E-state index contributed by atoms with van der Waals surface area (Å²) in [5.74, 6) is -0.610. The van der Waals surface area contributed by atoms with Crippen LogP contribution in [0.3, 0.4) is 0 Å². The molecule has 1 aromatic carbocycles. The van der Waals surface area contributed by atoms with E-state index in [9.17, 15) is 26.4 Å². The summed E-state index contributed by atoms with van der Waals surface area (Å²) in [5, 5.41) is 8.01. The molecule has 23 heavy (non-hydrogen) atoms. The SMILES string of the molecule is O=C(O)N1CCC(S(=O)(=O)c2cccc(OC(F)(F)F)c2)CC1. The average molecular weight is 353 g/mol. The highest BCUT2D eigenvalue weighted by Gasteiger charge is 2.34. The highest BCUT2D eigenvalue weighted by molar-refractivity contribution is 7.92. The maximum absolute atomic E-state index is 12.5. The van der Waals surface area contributed by atoms with Gasteiger partial charge in [0.25, 0.3) is 0 Å². The largest absolute Gasteiger partial charge is 0.573 e. The van der Waals surface area contributed by atoms with Gasteiger partial charge >= 0.3 is 12.5 Å². The summed E-state index contributed by atoms with van der Waals surface area (Å²) in [4.78, 5) is 11.6. The monoisotopic (exact) mass is 353 g/mol. The number of ether oxygens (including phenoxy) is 1. The Labute approximate surface area is 130 Å². The minimum absolute atomic E-state index is 0.0674. The van der Waals surface area contributed by atoms with Gasteiger partial charge in [0, 0.05) is 13.1 Å². The van der Waals surface area contributed by atoms with Crippen molar-refractivity contribution in [3.63, 3.8) is 0 Å². The molecule has 1 amide bonds. The molecule has 2 rings (SSSR count). The van der Waals surface area contributed by atoms with Gasteiger partial charge in [-0.05, 0) is 31.0 Å². The van der Waals surface area contributed by atoms with Crippen LogP contribution in [0, 0.1) is 0 Å². The molecule has 128 valence electrons. The highest BCUT2D eigenvalue weighted by Crippen LogP contribution is 2.29. The third kappa shape index (κ3) is 4.27. The Morgan fingerprint density at radius 2 is 1.87 bits per heavy atom. The van der Waals surface area contributed by atoms with Crippen molar-refractivity contribution in [3.8, 4) is 5.75 Å². The van der Waals surface area contributed by atoms with Gasteiger partial charge in [-0.2, -0.15) is 0 Å². The number of rotatable bonds is 3. The number of halogens is 3. The first kappa shape index (κ1) is 17.4. The first-order chi connectivity index (χ1) is 10.6. The molecule has 0 atom stereocenters. The fourth-order valence-electron chi connectivity index (χ4n) is 2.40. The number of carboxylic acid groups (broad SMARTS) is 1. The van der Waals surface area contributed by atoms with Crippen LogP contribution < -0.4 is 4.74 Å².